The average Bonchev–Trinajstić information content (AvgIpc) is 3.12. The number of carbonyl (C=O) groups is 1. The van der Waals surface area contributed by atoms with Crippen LogP contribution in [0.3, 0.4) is 0 Å². The van der Waals surface area contributed by atoms with Crippen LogP contribution in [-0.4, -0.2) is 48.2 Å². The normalized spacial score (nSPS) is 12.2. The van der Waals surface area contributed by atoms with E-state index in [1.807, 2.05) is 28.8 Å². The number of nitrogens with zero attached hydrogens (tertiary/aromatic N) is 3. The highest BCUT2D eigenvalue weighted by Gasteiger charge is 2.28. The van der Waals surface area contributed by atoms with Crippen LogP contribution in [0.25, 0.3) is 5.65 Å². The molecule has 3 rings (SSSR count). The molecule has 2 N–H and O–H groups in total. The molecular formula is C18H18F3N5O3S. The number of carbonyl (C=O) groups excluding carboxylic acids is 1. The van der Waals surface area contributed by atoms with Gasteiger partial charge in [0, 0.05) is 24.7 Å². The number of hydrogen-bond acceptors (Lipinski definition) is 5. The number of aryl methyl sites for hydroxylation is 1. The van der Waals surface area contributed by atoms with Gasteiger partial charge in [0.15, 0.2) is 5.65 Å². The first-order valence-corrected chi connectivity index (χ1v) is 10.4. The van der Waals surface area contributed by atoms with Gasteiger partial charge in [0.05, 0.1) is 4.90 Å². The van der Waals surface area contributed by atoms with Crippen LogP contribution in [0.2, 0.25) is 0 Å². The Morgan fingerprint density at radius 3 is 2.50 bits per heavy atom. The Morgan fingerprint density at radius 1 is 1.07 bits per heavy atom. The van der Waals surface area contributed by atoms with E-state index in [2.05, 4.69) is 14.9 Å². The third-order valence-corrected chi connectivity index (χ3v) is 5.61. The van der Waals surface area contributed by atoms with Crippen molar-refractivity contribution in [3.63, 3.8) is 0 Å². The largest absolute Gasteiger partial charge is 0.405 e. The second-order valence-corrected chi connectivity index (χ2v) is 8.14. The average molecular weight is 441 g/mol. The smallest absolute Gasteiger partial charge is 0.343 e. The highest BCUT2D eigenvalue weighted by molar-refractivity contribution is 7.89. The fourth-order valence-corrected chi connectivity index (χ4v) is 3.74. The lowest BCUT2D eigenvalue weighted by atomic mass is 10.2. The molecule has 0 aliphatic heterocycles. The Bertz CT molecular complexity index is 1130. The van der Waals surface area contributed by atoms with Crippen molar-refractivity contribution in [2.24, 2.45) is 0 Å². The molecule has 0 unspecified atom stereocenters. The van der Waals surface area contributed by atoms with Gasteiger partial charge < -0.3 is 5.32 Å². The van der Waals surface area contributed by atoms with Gasteiger partial charge in [0.25, 0.3) is 5.91 Å². The highest BCUT2D eigenvalue weighted by Crippen LogP contribution is 2.14. The predicted molar refractivity (Wildman–Crippen MR) is 101 cm³/mol. The van der Waals surface area contributed by atoms with E-state index in [1.165, 1.54) is 0 Å². The quantitative estimate of drug-likeness (QED) is 0.520. The molecule has 8 nitrogen and oxygen atoms in total. The van der Waals surface area contributed by atoms with Gasteiger partial charge in [0.1, 0.15) is 12.4 Å². The first kappa shape index (κ1) is 21.7. The molecule has 2 aromatic heterocycles. The maximum absolute atomic E-state index is 12.4. The predicted octanol–water partition coefficient (Wildman–Crippen LogP) is 1.93. The third kappa shape index (κ3) is 5.54. The molecule has 2 heterocycles. The topological polar surface area (TPSA) is 105 Å². The first-order valence-electron chi connectivity index (χ1n) is 8.89. The van der Waals surface area contributed by atoms with E-state index in [-0.39, 0.29) is 17.0 Å². The van der Waals surface area contributed by atoms with Crippen LogP contribution in [0.15, 0.2) is 53.6 Å². The Kier molecular flexibility index (Phi) is 6.37. The summed E-state index contributed by atoms with van der Waals surface area (Å²) in [5, 5.41) is 9.82. The van der Waals surface area contributed by atoms with Crippen molar-refractivity contribution < 1.29 is 26.4 Å². The fraction of sp³-hybridized carbons (Fsp3) is 0.278. The second kappa shape index (κ2) is 8.79. The van der Waals surface area contributed by atoms with Crippen LogP contribution in [0.1, 0.15) is 22.6 Å². The number of rotatable bonds is 8. The first-order chi connectivity index (χ1) is 14.2. The lowest BCUT2D eigenvalue weighted by molar-refractivity contribution is -0.123. The summed E-state index contributed by atoms with van der Waals surface area (Å²) in [5.74, 6) is -0.233. The molecule has 0 saturated heterocycles. The number of fused-ring (bicyclic) bond motifs is 1. The highest BCUT2D eigenvalue weighted by atomic mass is 32.2. The molecule has 3 aromatic rings. The van der Waals surface area contributed by atoms with Crippen molar-refractivity contribution >= 4 is 21.6 Å². The van der Waals surface area contributed by atoms with Gasteiger partial charge in [0.2, 0.25) is 10.0 Å². The molecule has 0 aliphatic rings. The van der Waals surface area contributed by atoms with Crippen molar-refractivity contribution in [3.8, 4) is 0 Å². The molecule has 0 fully saturated rings. The number of alkyl halides is 3. The number of halogens is 3. The Hall–Kier alpha value is -2.99. The molecule has 0 atom stereocenters. The summed E-state index contributed by atoms with van der Waals surface area (Å²) in [4.78, 5) is 11.6. The van der Waals surface area contributed by atoms with Crippen LogP contribution in [0.4, 0.5) is 13.2 Å². The van der Waals surface area contributed by atoms with E-state index in [4.69, 9.17) is 0 Å². The zero-order valence-corrected chi connectivity index (χ0v) is 16.4. The zero-order valence-electron chi connectivity index (χ0n) is 15.6. The fourth-order valence-electron chi connectivity index (χ4n) is 2.67. The van der Waals surface area contributed by atoms with Crippen LogP contribution in [0, 0.1) is 0 Å². The van der Waals surface area contributed by atoms with Gasteiger partial charge in [-0.3, -0.25) is 9.20 Å². The van der Waals surface area contributed by atoms with Crippen molar-refractivity contribution in [3.05, 3.63) is 60.0 Å². The Labute approximate surface area is 170 Å². The summed E-state index contributed by atoms with van der Waals surface area (Å²) in [6.07, 6.45) is -1.72. The summed E-state index contributed by atoms with van der Waals surface area (Å²) in [5.41, 5.74) is 0.629. The monoisotopic (exact) mass is 441 g/mol. The Balaban J connectivity index is 1.53. The van der Waals surface area contributed by atoms with E-state index in [1.54, 1.807) is 5.32 Å². The SMILES string of the molecule is O=C(NCC(F)(F)F)c1ccc(S(=O)(=O)NCCCc2nnc3ccccn23)cc1. The van der Waals surface area contributed by atoms with Gasteiger partial charge in [-0.1, -0.05) is 6.07 Å². The van der Waals surface area contributed by atoms with Gasteiger partial charge in [-0.15, -0.1) is 10.2 Å². The molecule has 0 bridgehead atoms. The minimum absolute atomic E-state index is 0.0723. The Morgan fingerprint density at radius 2 is 1.80 bits per heavy atom. The number of nitrogens with one attached hydrogen (secondary N) is 2. The van der Waals surface area contributed by atoms with E-state index in [0.29, 0.717) is 24.3 Å². The molecule has 0 radical (unpaired) electrons. The zero-order chi connectivity index (χ0) is 21.8. The number of aromatic nitrogens is 3. The van der Waals surface area contributed by atoms with E-state index in [0.717, 1.165) is 24.3 Å². The molecule has 1 amide bonds. The summed E-state index contributed by atoms with van der Waals surface area (Å²) < 4.78 is 65.4. The molecule has 0 spiro atoms. The summed E-state index contributed by atoms with van der Waals surface area (Å²) >= 11 is 0. The number of sulfonamides is 1. The number of amides is 1. The molecule has 0 saturated carbocycles. The molecular weight excluding hydrogens is 423 g/mol. The molecule has 12 heteroatoms. The lowest BCUT2D eigenvalue weighted by Crippen LogP contribution is -2.33. The number of hydrogen-bond donors (Lipinski definition) is 2. The summed E-state index contributed by atoms with van der Waals surface area (Å²) in [6.45, 7) is -1.31. The minimum Gasteiger partial charge on any atom is -0.343 e. The molecule has 30 heavy (non-hydrogen) atoms. The molecule has 1 aromatic carbocycles. The van der Waals surface area contributed by atoms with E-state index >= 15 is 0 Å². The number of benzene rings is 1. The molecule has 160 valence electrons. The lowest BCUT2D eigenvalue weighted by Gasteiger charge is -2.09. The van der Waals surface area contributed by atoms with E-state index in [9.17, 15) is 26.4 Å². The van der Waals surface area contributed by atoms with Crippen LogP contribution in [-0.2, 0) is 16.4 Å². The van der Waals surface area contributed by atoms with Crippen LogP contribution in [0.5, 0.6) is 0 Å². The van der Waals surface area contributed by atoms with Crippen molar-refractivity contribution in [1.29, 1.82) is 0 Å². The van der Waals surface area contributed by atoms with Gasteiger partial charge >= 0.3 is 6.18 Å². The molecule has 0 aliphatic carbocycles. The minimum atomic E-state index is -4.53. The summed E-state index contributed by atoms with van der Waals surface area (Å²) in [6, 6.07) is 10.1. The van der Waals surface area contributed by atoms with Gasteiger partial charge in [-0.05, 0) is 42.8 Å². The maximum Gasteiger partial charge on any atom is 0.405 e. The van der Waals surface area contributed by atoms with Crippen LogP contribution >= 0.6 is 0 Å². The summed E-state index contributed by atoms with van der Waals surface area (Å²) in [7, 11) is -3.83. The standard InChI is InChI=1S/C18H18F3N5O3S/c19-18(20,21)12-22-17(27)13-6-8-14(9-7-13)30(28,29)23-10-3-5-16-25-24-15-4-1-2-11-26(15)16/h1-2,4,6-9,11,23H,3,5,10,12H2,(H,22,27). The number of pyridine rings is 1. The second-order valence-electron chi connectivity index (χ2n) is 6.37. The maximum atomic E-state index is 12.4. The van der Waals surface area contributed by atoms with Gasteiger partial charge in [-0.2, -0.15) is 13.2 Å². The van der Waals surface area contributed by atoms with Crippen molar-refractivity contribution in [1.82, 2.24) is 24.6 Å². The van der Waals surface area contributed by atoms with E-state index < -0.39 is 28.7 Å². The van der Waals surface area contributed by atoms with Gasteiger partial charge in [-0.25, -0.2) is 13.1 Å². The van der Waals surface area contributed by atoms with Crippen molar-refractivity contribution in [2.75, 3.05) is 13.1 Å². The van der Waals surface area contributed by atoms with Crippen LogP contribution < -0.4 is 10.0 Å². The van der Waals surface area contributed by atoms with Crippen molar-refractivity contribution in [2.45, 2.75) is 23.9 Å². The third-order valence-electron chi connectivity index (χ3n) is 4.13.